The van der Waals surface area contributed by atoms with E-state index < -0.39 is 5.97 Å². The Labute approximate surface area is 123 Å². The predicted octanol–water partition coefficient (Wildman–Crippen LogP) is 3.27. The Morgan fingerprint density at radius 3 is 2.29 bits per heavy atom. The molecule has 0 unspecified atom stereocenters. The third kappa shape index (κ3) is 3.99. The van der Waals surface area contributed by atoms with Crippen LogP contribution < -0.4 is 4.74 Å². The lowest BCUT2D eigenvalue weighted by Crippen LogP contribution is -1.99. The molecule has 0 saturated heterocycles. The first-order valence-electron chi connectivity index (χ1n) is 6.87. The molecule has 0 radical (unpaired) electrons. The Balaban J connectivity index is 2.02. The average Bonchev–Trinajstić information content (AvgIpc) is 2.48. The number of hydrogen-bond donors (Lipinski definition) is 2. The molecular formula is C17H18O4. The molecule has 0 heterocycles. The number of aromatic hydroxyl groups is 1. The molecule has 0 amide bonds. The van der Waals surface area contributed by atoms with Crippen LogP contribution in [-0.4, -0.2) is 22.8 Å². The van der Waals surface area contributed by atoms with E-state index in [1.807, 2.05) is 31.2 Å². The van der Waals surface area contributed by atoms with Crippen molar-refractivity contribution in [3.63, 3.8) is 0 Å². The number of benzene rings is 2. The van der Waals surface area contributed by atoms with Gasteiger partial charge in [0.1, 0.15) is 17.1 Å². The number of carboxylic acids is 1. The van der Waals surface area contributed by atoms with Crippen LogP contribution in [0, 0.1) is 0 Å². The summed E-state index contributed by atoms with van der Waals surface area (Å²) in [5.41, 5.74) is 1.99. The van der Waals surface area contributed by atoms with Gasteiger partial charge in [0.2, 0.25) is 0 Å². The Morgan fingerprint density at radius 1 is 1.05 bits per heavy atom. The summed E-state index contributed by atoms with van der Waals surface area (Å²) >= 11 is 0. The quantitative estimate of drug-likeness (QED) is 0.855. The van der Waals surface area contributed by atoms with Gasteiger partial charge < -0.3 is 14.9 Å². The molecule has 4 nitrogen and oxygen atoms in total. The van der Waals surface area contributed by atoms with Gasteiger partial charge in [0.25, 0.3) is 0 Å². The van der Waals surface area contributed by atoms with Crippen molar-refractivity contribution in [2.45, 2.75) is 19.8 Å². The van der Waals surface area contributed by atoms with Crippen molar-refractivity contribution in [3.05, 3.63) is 59.2 Å². The van der Waals surface area contributed by atoms with E-state index in [1.165, 1.54) is 12.1 Å². The second kappa shape index (κ2) is 6.79. The Kier molecular flexibility index (Phi) is 4.82. The van der Waals surface area contributed by atoms with Gasteiger partial charge >= 0.3 is 5.97 Å². The SMILES string of the molecule is CCOc1ccc(CCc2ccc(O)c(C(=O)O)c2)cc1. The van der Waals surface area contributed by atoms with Gasteiger partial charge in [0, 0.05) is 0 Å². The molecule has 0 saturated carbocycles. The average molecular weight is 286 g/mol. The monoisotopic (exact) mass is 286 g/mol. The van der Waals surface area contributed by atoms with Crippen LogP contribution in [0.25, 0.3) is 0 Å². The lowest BCUT2D eigenvalue weighted by Gasteiger charge is -2.07. The van der Waals surface area contributed by atoms with E-state index in [9.17, 15) is 9.90 Å². The number of phenols is 1. The summed E-state index contributed by atoms with van der Waals surface area (Å²) in [4.78, 5) is 11.0. The maximum atomic E-state index is 11.0. The van der Waals surface area contributed by atoms with Crippen LogP contribution in [0.2, 0.25) is 0 Å². The van der Waals surface area contributed by atoms with Crippen molar-refractivity contribution < 1.29 is 19.7 Å². The molecule has 110 valence electrons. The van der Waals surface area contributed by atoms with Crippen molar-refractivity contribution in [1.29, 1.82) is 0 Å². The fraction of sp³-hybridized carbons (Fsp3) is 0.235. The van der Waals surface area contributed by atoms with Crippen molar-refractivity contribution >= 4 is 5.97 Å². The molecule has 0 bridgehead atoms. The van der Waals surface area contributed by atoms with E-state index in [1.54, 1.807) is 6.07 Å². The molecule has 0 atom stereocenters. The Bertz CT molecular complexity index is 617. The molecule has 0 fully saturated rings. The predicted molar refractivity (Wildman–Crippen MR) is 80.1 cm³/mol. The van der Waals surface area contributed by atoms with Crippen LogP contribution in [0.1, 0.15) is 28.4 Å². The summed E-state index contributed by atoms with van der Waals surface area (Å²) in [5, 5.41) is 18.5. The zero-order valence-electron chi connectivity index (χ0n) is 11.9. The molecule has 2 rings (SSSR count). The lowest BCUT2D eigenvalue weighted by molar-refractivity contribution is 0.0693. The number of aryl methyl sites for hydroxylation is 2. The van der Waals surface area contributed by atoms with Crippen molar-refractivity contribution in [3.8, 4) is 11.5 Å². The van der Waals surface area contributed by atoms with Gasteiger partial charge in [-0.05, 0) is 55.2 Å². The highest BCUT2D eigenvalue weighted by Gasteiger charge is 2.10. The number of carbonyl (C=O) groups is 1. The van der Waals surface area contributed by atoms with Crippen LogP contribution in [0.3, 0.4) is 0 Å². The number of aromatic carboxylic acids is 1. The van der Waals surface area contributed by atoms with Gasteiger partial charge in [-0.1, -0.05) is 18.2 Å². The molecular weight excluding hydrogens is 268 g/mol. The minimum Gasteiger partial charge on any atom is -0.507 e. The van der Waals surface area contributed by atoms with E-state index in [0.717, 1.165) is 23.3 Å². The topological polar surface area (TPSA) is 66.8 Å². The van der Waals surface area contributed by atoms with Crippen molar-refractivity contribution in [2.24, 2.45) is 0 Å². The van der Waals surface area contributed by atoms with Crippen molar-refractivity contribution in [1.82, 2.24) is 0 Å². The van der Waals surface area contributed by atoms with E-state index in [0.29, 0.717) is 13.0 Å². The molecule has 0 aromatic heterocycles. The summed E-state index contributed by atoms with van der Waals surface area (Å²) < 4.78 is 5.39. The highest BCUT2D eigenvalue weighted by molar-refractivity contribution is 5.90. The molecule has 0 aliphatic carbocycles. The van der Waals surface area contributed by atoms with Crippen LogP contribution in [0.15, 0.2) is 42.5 Å². The Morgan fingerprint density at radius 2 is 1.67 bits per heavy atom. The fourth-order valence-corrected chi connectivity index (χ4v) is 2.12. The van der Waals surface area contributed by atoms with Gasteiger partial charge in [0.15, 0.2) is 0 Å². The van der Waals surface area contributed by atoms with Gasteiger partial charge in [0.05, 0.1) is 6.61 Å². The zero-order chi connectivity index (χ0) is 15.2. The number of rotatable bonds is 6. The van der Waals surface area contributed by atoms with Crippen LogP contribution in [0.4, 0.5) is 0 Å². The number of hydrogen-bond acceptors (Lipinski definition) is 3. The largest absolute Gasteiger partial charge is 0.507 e. The summed E-state index contributed by atoms with van der Waals surface area (Å²) in [7, 11) is 0. The Hall–Kier alpha value is -2.49. The second-order valence-electron chi connectivity index (χ2n) is 4.73. The summed E-state index contributed by atoms with van der Waals surface area (Å²) in [6.07, 6.45) is 1.52. The molecule has 2 N–H and O–H groups in total. The molecule has 0 spiro atoms. The second-order valence-corrected chi connectivity index (χ2v) is 4.73. The van der Waals surface area contributed by atoms with E-state index in [-0.39, 0.29) is 11.3 Å². The number of ether oxygens (including phenoxy) is 1. The van der Waals surface area contributed by atoms with E-state index in [4.69, 9.17) is 9.84 Å². The minimum absolute atomic E-state index is 0.0563. The minimum atomic E-state index is -1.12. The normalized spacial score (nSPS) is 10.3. The van der Waals surface area contributed by atoms with Crippen molar-refractivity contribution in [2.75, 3.05) is 6.61 Å². The number of carboxylic acid groups (broad SMARTS) is 1. The van der Waals surface area contributed by atoms with Gasteiger partial charge in [-0.3, -0.25) is 0 Å². The smallest absolute Gasteiger partial charge is 0.339 e. The van der Waals surface area contributed by atoms with Gasteiger partial charge in [-0.25, -0.2) is 4.79 Å². The van der Waals surface area contributed by atoms with E-state index >= 15 is 0 Å². The molecule has 2 aromatic rings. The van der Waals surface area contributed by atoms with Crippen LogP contribution >= 0.6 is 0 Å². The van der Waals surface area contributed by atoms with Crippen LogP contribution in [0.5, 0.6) is 11.5 Å². The summed E-state index contributed by atoms with van der Waals surface area (Å²) in [6.45, 7) is 2.59. The third-order valence-corrected chi connectivity index (χ3v) is 3.23. The summed E-state index contributed by atoms with van der Waals surface area (Å²) in [6, 6.07) is 12.6. The van der Waals surface area contributed by atoms with E-state index in [2.05, 4.69) is 0 Å². The maximum Gasteiger partial charge on any atom is 0.339 e. The first-order chi connectivity index (χ1) is 10.1. The third-order valence-electron chi connectivity index (χ3n) is 3.23. The standard InChI is InChI=1S/C17H18O4/c1-2-21-14-8-5-12(6-9-14)3-4-13-7-10-16(18)15(11-13)17(19)20/h5-11,18H,2-4H2,1H3,(H,19,20). The molecule has 2 aromatic carbocycles. The molecule has 4 heteroatoms. The van der Waals surface area contributed by atoms with Gasteiger partial charge in [-0.15, -0.1) is 0 Å². The zero-order valence-corrected chi connectivity index (χ0v) is 11.9. The maximum absolute atomic E-state index is 11.0. The molecule has 0 aliphatic rings. The molecule has 0 aliphatic heterocycles. The first-order valence-corrected chi connectivity index (χ1v) is 6.87. The highest BCUT2D eigenvalue weighted by Crippen LogP contribution is 2.20. The molecule has 21 heavy (non-hydrogen) atoms. The highest BCUT2D eigenvalue weighted by atomic mass is 16.5. The fourth-order valence-electron chi connectivity index (χ4n) is 2.12. The van der Waals surface area contributed by atoms with Crippen LogP contribution in [-0.2, 0) is 12.8 Å². The first kappa shape index (κ1) is 14.9. The lowest BCUT2D eigenvalue weighted by atomic mass is 10.0. The van der Waals surface area contributed by atoms with Gasteiger partial charge in [-0.2, -0.15) is 0 Å². The summed E-state index contributed by atoms with van der Waals surface area (Å²) in [5.74, 6) is -0.471.